The molecule has 3 aromatic rings. The molecule has 0 saturated carbocycles. The number of carbonyl (C=O) groups excluding carboxylic acids is 1. The van der Waals surface area contributed by atoms with Crippen LogP contribution in [0.15, 0.2) is 48.8 Å². The molecule has 0 unspecified atom stereocenters. The first kappa shape index (κ1) is 18.7. The van der Waals surface area contributed by atoms with Gasteiger partial charge in [0.05, 0.1) is 12.8 Å². The topological polar surface area (TPSA) is 76.1 Å². The molecule has 3 rings (SSSR count). The molecule has 0 radical (unpaired) electrons. The van der Waals surface area contributed by atoms with Crippen LogP contribution in [0.1, 0.15) is 21.6 Å². The Morgan fingerprint density at radius 1 is 1.07 bits per heavy atom. The fourth-order valence-corrected chi connectivity index (χ4v) is 2.60. The Labute approximate surface area is 162 Å². The predicted molar refractivity (Wildman–Crippen MR) is 107 cm³/mol. The largest absolute Gasteiger partial charge is 0.495 e. The number of carbonyl (C=O) groups is 1. The van der Waals surface area contributed by atoms with Crippen molar-refractivity contribution >= 4 is 34.7 Å². The molecule has 0 atom stereocenters. The van der Waals surface area contributed by atoms with E-state index in [4.69, 9.17) is 16.3 Å². The number of rotatable bonds is 5. The Kier molecular flexibility index (Phi) is 5.57. The molecule has 1 heterocycles. The van der Waals surface area contributed by atoms with Gasteiger partial charge in [0.25, 0.3) is 5.91 Å². The van der Waals surface area contributed by atoms with E-state index in [1.807, 2.05) is 44.2 Å². The number of nitrogens with zero attached hydrogens (tertiary/aromatic N) is 2. The van der Waals surface area contributed by atoms with Crippen molar-refractivity contribution in [3.8, 4) is 5.75 Å². The van der Waals surface area contributed by atoms with E-state index >= 15 is 0 Å². The number of ether oxygens (including phenoxy) is 1. The van der Waals surface area contributed by atoms with E-state index in [0.29, 0.717) is 28.0 Å². The van der Waals surface area contributed by atoms with Crippen molar-refractivity contribution < 1.29 is 9.53 Å². The molecule has 1 amide bonds. The number of aryl methyl sites for hydroxylation is 2. The summed E-state index contributed by atoms with van der Waals surface area (Å²) in [5.74, 6) is 0.734. The monoisotopic (exact) mass is 382 g/mol. The van der Waals surface area contributed by atoms with Crippen LogP contribution in [0.2, 0.25) is 5.02 Å². The second kappa shape index (κ2) is 8.05. The minimum Gasteiger partial charge on any atom is -0.495 e. The van der Waals surface area contributed by atoms with Crippen molar-refractivity contribution in [1.82, 2.24) is 9.97 Å². The van der Waals surface area contributed by atoms with Gasteiger partial charge in [-0.05, 0) is 37.6 Å². The second-order valence-electron chi connectivity index (χ2n) is 6.04. The summed E-state index contributed by atoms with van der Waals surface area (Å²) < 4.78 is 5.35. The molecule has 0 aliphatic heterocycles. The molecular weight excluding hydrogens is 364 g/mol. The average molecular weight is 383 g/mol. The minimum atomic E-state index is -0.316. The lowest BCUT2D eigenvalue weighted by molar-refractivity contribution is 0.102. The molecule has 0 aliphatic rings. The average Bonchev–Trinajstić information content (AvgIpc) is 2.66. The number of benzene rings is 2. The highest BCUT2D eigenvalue weighted by Gasteiger charge is 2.12. The van der Waals surface area contributed by atoms with E-state index in [1.54, 1.807) is 19.2 Å². The smallest absolute Gasteiger partial charge is 0.274 e. The summed E-state index contributed by atoms with van der Waals surface area (Å²) in [5, 5.41) is 6.57. The van der Waals surface area contributed by atoms with Gasteiger partial charge in [-0.15, -0.1) is 0 Å². The maximum absolute atomic E-state index is 12.5. The molecule has 0 fully saturated rings. The lowest BCUT2D eigenvalue weighted by Crippen LogP contribution is -2.14. The zero-order chi connectivity index (χ0) is 19.4. The highest BCUT2D eigenvalue weighted by atomic mass is 35.5. The zero-order valence-electron chi connectivity index (χ0n) is 15.2. The van der Waals surface area contributed by atoms with Crippen LogP contribution in [0.25, 0.3) is 0 Å². The quantitative estimate of drug-likeness (QED) is 0.665. The van der Waals surface area contributed by atoms with E-state index in [0.717, 1.165) is 11.1 Å². The molecule has 2 aromatic carbocycles. The van der Waals surface area contributed by atoms with Crippen molar-refractivity contribution in [3.05, 3.63) is 70.6 Å². The lowest BCUT2D eigenvalue weighted by Gasteiger charge is -2.13. The molecule has 6 nitrogen and oxygen atoms in total. The highest BCUT2D eigenvalue weighted by Crippen LogP contribution is 2.32. The van der Waals surface area contributed by atoms with E-state index in [-0.39, 0.29) is 11.6 Å². The van der Waals surface area contributed by atoms with E-state index in [1.165, 1.54) is 6.33 Å². The Morgan fingerprint density at radius 3 is 2.52 bits per heavy atom. The standard InChI is InChI=1S/C20H19ClN4O2/c1-12-4-6-14(7-5-12)24-20(26)17-10-19(23-11-22-17)25-16-8-13(2)15(21)9-18(16)27-3/h4-11H,1-3H3,(H,24,26)(H,22,23,25). The number of aromatic nitrogens is 2. The van der Waals surface area contributed by atoms with Gasteiger partial charge in [-0.25, -0.2) is 9.97 Å². The van der Waals surface area contributed by atoms with E-state index < -0.39 is 0 Å². The summed E-state index contributed by atoms with van der Waals surface area (Å²) >= 11 is 6.13. The first-order valence-electron chi connectivity index (χ1n) is 8.27. The molecule has 1 aromatic heterocycles. The Bertz CT molecular complexity index is 974. The Balaban J connectivity index is 1.80. The van der Waals surface area contributed by atoms with Gasteiger partial charge >= 0.3 is 0 Å². The Hall–Kier alpha value is -3.12. The fraction of sp³-hybridized carbons (Fsp3) is 0.150. The van der Waals surface area contributed by atoms with Crippen LogP contribution in [-0.2, 0) is 0 Å². The molecule has 0 saturated heterocycles. The van der Waals surface area contributed by atoms with Crippen molar-refractivity contribution in [1.29, 1.82) is 0 Å². The zero-order valence-corrected chi connectivity index (χ0v) is 16.0. The van der Waals surface area contributed by atoms with Gasteiger partial charge in [-0.2, -0.15) is 0 Å². The first-order valence-corrected chi connectivity index (χ1v) is 8.65. The number of amides is 1. The minimum absolute atomic E-state index is 0.248. The summed E-state index contributed by atoms with van der Waals surface area (Å²) in [5.41, 5.74) is 3.66. The van der Waals surface area contributed by atoms with Gasteiger partial charge in [-0.3, -0.25) is 4.79 Å². The number of nitrogens with one attached hydrogen (secondary N) is 2. The number of hydrogen-bond acceptors (Lipinski definition) is 5. The maximum atomic E-state index is 12.5. The number of anilines is 3. The molecule has 138 valence electrons. The van der Waals surface area contributed by atoms with Crippen molar-refractivity contribution in [2.24, 2.45) is 0 Å². The van der Waals surface area contributed by atoms with Crippen LogP contribution in [-0.4, -0.2) is 23.0 Å². The lowest BCUT2D eigenvalue weighted by atomic mass is 10.2. The molecule has 0 spiro atoms. The summed E-state index contributed by atoms with van der Waals surface area (Å²) in [6.07, 6.45) is 1.33. The van der Waals surface area contributed by atoms with E-state index in [9.17, 15) is 4.79 Å². The summed E-state index contributed by atoms with van der Waals surface area (Å²) in [4.78, 5) is 20.7. The highest BCUT2D eigenvalue weighted by molar-refractivity contribution is 6.31. The van der Waals surface area contributed by atoms with Crippen LogP contribution in [0.4, 0.5) is 17.2 Å². The molecule has 0 aliphatic carbocycles. The van der Waals surface area contributed by atoms with Crippen molar-refractivity contribution in [3.63, 3.8) is 0 Å². The van der Waals surface area contributed by atoms with Gasteiger partial charge in [0.1, 0.15) is 23.6 Å². The molecule has 0 bridgehead atoms. The fourth-order valence-electron chi connectivity index (χ4n) is 2.45. The summed E-state index contributed by atoms with van der Waals surface area (Å²) in [6, 6.07) is 12.7. The third kappa shape index (κ3) is 4.54. The van der Waals surface area contributed by atoms with Crippen LogP contribution in [0.3, 0.4) is 0 Å². The van der Waals surface area contributed by atoms with Crippen LogP contribution in [0.5, 0.6) is 5.75 Å². The Morgan fingerprint density at radius 2 is 1.81 bits per heavy atom. The van der Waals surface area contributed by atoms with Crippen LogP contribution in [0, 0.1) is 13.8 Å². The van der Waals surface area contributed by atoms with Gasteiger partial charge in [-0.1, -0.05) is 29.3 Å². The van der Waals surface area contributed by atoms with Gasteiger partial charge in [0.15, 0.2) is 0 Å². The van der Waals surface area contributed by atoms with Gasteiger partial charge in [0, 0.05) is 22.8 Å². The van der Waals surface area contributed by atoms with Crippen LogP contribution >= 0.6 is 11.6 Å². The van der Waals surface area contributed by atoms with E-state index in [2.05, 4.69) is 20.6 Å². The third-order valence-electron chi connectivity index (χ3n) is 3.95. The van der Waals surface area contributed by atoms with Crippen molar-refractivity contribution in [2.75, 3.05) is 17.7 Å². The summed E-state index contributed by atoms with van der Waals surface area (Å²) in [7, 11) is 1.56. The third-order valence-corrected chi connectivity index (χ3v) is 4.36. The molecule has 7 heteroatoms. The SMILES string of the molecule is COc1cc(Cl)c(C)cc1Nc1cc(C(=O)Nc2ccc(C)cc2)ncn1. The number of hydrogen-bond donors (Lipinski definition) is 2. The molecule has 27 heavy (non-hydrogen) atoms. The van der Waals surface area contributed by atoms with Crippen molar-refractivity contribution in [2.45, 2.75) is 13.8 Å². The van der Waals surface area contributed by atoms with Gasteiger partial charge < -0.3 is 15.4 Å². The van der Waals surface area contributed by atoms with Gasteiger partial charge in [0.2, 0.25) is 0 Å². The first-order chi connectivity index (χ1) is 13.0. The number of halogens is 1. The maximum Gasteiger partial charge on any atom is 0.274 e. The molecular formula is C20H19ClN4O2. The second-order valence-corrected chi connectivity index (χ2v) is 6.44. The summed E-state index contributed by atoms with van der Waals surface area (Å²) in [6.45, 7) is 3.88. The van der Waals surface area contributed by atoms with Crippen LogP contribution < -0.4 is 15.4 Å². The normalized spacial score (nSPS) is 10.4. The molecule has 2 N–H and O–H groups in total. The number of methoxy groups -OCH3 is 1. The predicted octanol–water partition coefficient (Wildman–Crippen LogP) is 4.75.